The van der Waals surface area contributed by atoms with Crippen molar-refractivity contribution in [2.24, 2.45) is 0 Å². The highest BCUT2D eigenvalue weighted by Crippen LogP contribution is 2.22. The summed E-state index contributed by atoms with van der Waals surface area (Å²) < 4.78 is 7.66. The fraction of sp³-hybridized carbons (Fsp3) is 0.238. The van der Waals surface area contributed by atoms with Gasteiger partial charge < -0.3 is 9.64 Å². The van der Waals surface area contributed by atoms with E-state index in [2.05, 4.69) is 4.98 Å². The van der Waals surface area contributed by atoms with Gasteiger partial charge in [-0.05, 0) is 43.0 Å². The molecule has 3 aromatic rings. The first-order chi connectivity index (χ1) is 13.1. The van der Waals surface area contributed by atoms with Gasteiger partial charge in [-0.15, -0.1) is 0 Å². The highest BCUT2D eigenvalue weighted by molar-refractivity contribution is 7.98. The van der Waals surface area contributed by atoms with Gasteiger partial charge in [0.25, 0.3) is 5.91 Å². The molecule has 1 aromatic heterocycles. The Kier molecular flexibility index (Phi) is 6.19. The van der Waals surface area contributed by atoms with Crippen LogP contribution < -0.4 is 4.74 Å². The maximum Gasteiger partial charge on any atom is 0.272 e. The Morgan fingerprint density at radius 2 is 1.96 bits per heavy atom. The number of amides is 1. The molecule has 0 atom stereocenters. The molecule has 0 radical (unpaired) electrons. The van der Waals surface area contributed by atoms with Crippen molar-refractivity contribution in [2.45, 2.75) is 12.1 Å². The highest BCUT2D eigenvalue weighted by Gasteiger charge is 2.20. The normalized spacial score (nSPS) is 10.6. The quantitative estimate of drug-likeness (QED) is 0.579. The molecule has 0 aliphatic rings. The van der Waals surface area contributed by atoms with Crippen LogP contribution in [0.15, 0.2) is 66.0 Å². The van der Waals surface area contributed by atoms with Crippen LogP contribution in [0, 0.1) is 6.92 Å². The van der Waals surface area contributed by atoms with Crippen molar-refractivity contribution in [2.75, 3.05) is 26.5 Å². The zero-order chi connectivity index (χ0) is 19.2. The van der Waals surface area contributed by atoms with Crippen LogP contribution in [-0.4, -0.2) is 46.8 Å². The molecule has 0 bridgehead atoms. The van der Waals surface area contributed by atoms with Gasteiger partial charge in [-0.3, -0.25) is 9.36 Å². The molecule has 1 heterocycles. The highest BCUT2D eigenvalue weighted by atomic mass is 32.2. The van der Waals surface area contributed by atoms with Crippen LogP contribution in [0.1, 0.15) is 16.1 Å². The summed E-state index contributed by atoms with van der Waals surface area (Å²) in [4.78, 5) is 19.0. The molecule has 0 aliphatic heterocycles. The third-order valence-corrected chi connectivity index (χ3v) is 4.83. The molecule has 6 heteroatoms. The van der Waals surface area contributed by atoms with E-state index in [1.807, 2.05) is 72.3 Å². The number of nitrogens with zero attached hydrogens (tertiary/aromatic N) is 3. The standard InChI is InChI=1S/C21H23N3O2S/c1-16-8-7-11-18(14-16)26-13-12-23(2)20(25)19-15-22-21(27-3)24(19)17-9-5-4-6-10-17/h4-11,14-15H,12-13H2,1-3H3. The largest absolute Gasteiger partial charge is 0.492 e. The Balaban J connectivity index is 1.71. The van der Waals surface area contributed by atoms with Gasteiger partial charge in [-0.25, -0.2) is 4.98 Å². The molecular weight excluding hydrogens is 358 g/mol. The molecule has 2 aromatic carbocycles. The van der Waals surface area contributed by atoms with Crippen LogP contribution >= 0.6 is 11.8 Å². The Labute approximate surface area is 164 Å². The second kappa shape index (κ2) is 8.77. The number of likely N-dealkylation sites (N-methyl/N-ethyl adjacent to an activating group) is 1. The van der Waals surface area contributed by atoms with Gasteiger partial charge in [-0.2, -0.15) is 0 Å². The lowest BCUT2D eigenvalue weighted by Crippen LogP contribution is -2.32. The first-order valence-corrected chi connectivity index (χ1v) is 9.94. The topological polar surface area (TPSA) is 47.4 Å². The van der Waals surface area contributed by atoms with Crippen molar-refractivity contribution < 1.29 is 9.53 Å². The predicted octanol–water partition coefficient (Wildman–Crippen LogP) is 4.05. The van der Waals surface area contributed by atoms with E-state index in [4.69, 9.17) is 4.74 Å². The molecule has 0 fully saturated rings. The van der Waals surface area contributed by atoms with E-state index in [9.17, 15) is 4.79 Å². The summed E-state index contributed by atoms with van der Waals surface area (Å²) in [5.74, 6) is 0.731. The molecule has 0 unspecified atom stereocenters. The second-order valence-corrected chi connectivity index (χ2v) is 6.97. The van der Waals surface area contributed by atoms with E-state index in [-0.39, 0.29) is 5.91 Å². The third-order valence-electron chi connectivity index (χ3n) is 4.18. The number of ether oxygens (including phenoxy) is 1. The summed E-state index contributed by atoms with van der Waals surface area (Å²) in [5, 5.41) is 0.786. The molecular formula is C21H23N3O2S. The molecule has 0 spiro atoms. The number of aromatic nitrogens is 2. The minimum Gasteiger partial charge on any atom is -0.492 e. The molecule has 0 saturated carbocycles. The van der Waals surface area contributed by atoms with Crippen molar-refractivity contribution in [1.82, 2.24) is 14.5 Å². The van der Waals surface area contributed by atoms with Gasteiger partial charge in [0.1, 0.15) is 18.1 Å². The number of thioether (sulfide) groups is 1. The Bertz CT molecular complexity index is 909. The van der Waals surface area contributed by atoms with Crippen LogP contribution in [0.25, 0.3) is 5.69 Å². The summed E-state index contributed by atoms with van der Waals surface area (Å²) in [7, 11) is 1.78. The second-order valence-electron chi connectivity index (χ2n) is 6.19. The van der Waals surface area contributed by atoms with Crippen molar-refractivity contribution in [1.29, 1.82) is 0 Å². The number of para-hydroxylation sites is 1. The van der Waals surface area contributed by atoms with Gasteiger partial charge in [0.2, 0.25) is 0 Å². The number of aryl methyl sites for hydroxylation is 1. The average Bonchev–Trinajstić information content (AvgIpc) is 3.12. The maximum atomic E-state index is 13.0. The fourth-order valence-electron chi connectivity index (χ4n) is 2.76. The number of benzene rings is 2. The average molecular weight is 382 g/mol. The maximum absolute atomic E-state index is 13.0. The van der Waals surface area contributed by atoms with E-state index >= 15 is 0 Å². The third kappa shape index (κ3) is 4.52. The van der Waals surface area contributed by atoms with Crippen LogP contribution in [0.2, 0.25) is 0 Å². The van der Waals surface area contributed by atoms with Gasteiger partial charge in [0, 0.05) is 12.7 Å². The van der Waals surface area contributed by atoms with Crippen molar-refractivity contribution in [3.8, 4) is 11.4 Å². The minimum atomic E-state index is -0.0838. The number of carbonyl (C=O) groups is 1. The van der Waals surface area contributed by atoms with Crippen LogP contribution in [0.3, 0.4) is 0 Å². The van der Waals surface area contributed by atoms with Gasteiger partial charge in [0.05, 0.1) is 12.7 Å². The summed E-state index contributed by atoms with van der Waals surface area (Å²) in [6.45, 7) is 2.94. The lowest BCUT2D eigenvalue weighted by molar-refractivity contribution is 0.0765. The molecule has 140 valence electrons. The first kappa shape index (κ1) is 19.0. The number of rotatable bonds is 7. The van der Waals surface area contributed by atoms with Crippen molar-refractivity contribution in [3.63, 3.8) is 0 Å². The summed E-state index contributed by atoms with van der Waals surface area (Å²) in [6.07, 6.45) is 3.59. The minimum absolute atomic E-state index is 0.0838. The molecule has 0 N–H and O–H groups in total. The smallest absolute Gasteiger partial charge is 0.272 e. The molecule has 5 nitrogen and oxygen atoms in total. The summed E-state index contributed by atoms with van der Waals surface area (Å²) >= 11 is 1.51. The van der Waals surface area contributed by atoms with E-state index in [0.717, 1.165) is 22.2 Å². The summed E-state index contributed by atoms with van der Waals surface area (Å²) in [6, 6.07) is 17.7. The van der Waals surface area contributed by atoms with E-state index < -0.39 is 0 Å². The molecule has 1 amide bonds. The van der Waals surface area contributed by atoms with E-state index in [1.165, 1.54) is 11.8 Å². The number of carbonyl (C=O) groups excluding carboxylic acids is 1. The predicted molar refractivity (Wildman–Crippen MR) is 109 cm³/mol. The number of hydrogen-bond donors (Lipinski definition) is 0. The van der Waals surface area contributed by atoms with Crippen LogP contribution in [0.5, 0.6) is 5.75 Å². The lowest BCUT2D eigenvalue weighted by Gasteiger charge is -2.19. The molecule has 3 rings (SSSR count). The first-order valence-electron chi connectivity index (χ1n) is 8.72. The van der Waals surface area contributed by atoms with Gasteiger partial charge >= 0.3 is 0 Å². The number of imidazole rings is 1. The zero-order valence-corrected chi connectivity index (χ0v) is 16.6. The van der Waals surface area contributed by atoms with Crippen LogP contribution in [0.4, 0.5) is 0 Å². The zero-order valence-electron chi connectivity index (χ0n) is 15.8. The Hall–Kier alpha value is -2.73. The molecule has 0 saturated heterocycles. The number of hydrogen-bond acceptors (Lipinski definition) is 4. The Morgan fingerprint density at radius 3 is 2.67 bits per heavy atom. The van der Waals surface area contributed by atoms with Crippen molar-refractivity contribution >= 4 is 17.7 Å². The van der Waals surface area contributed by atoms with E-state index in [1.54, 1.807) is 18.1 Å². The SMILES string of the molecule is CSc1ncc(C(=O)N(C)CCOc2cccc(C)c2)n1-c1ccccc1. The molecule has 0 aliphatic carbocycles. The lowest BCUT2D eigenvalue weighted by atomic mass is 10.2. The van der Waals surface area contributed by atoms with E-state index in [0.29, 0.717) is 18.8 Å². The Morgan fingerprint density at radius 1 is 1.19 bits per heavy atom. The van der Waals surface area contributed by atoms with Gasteiger partial charge in [-0.1, -0.05) is 42.1 Å². The van der Waals surface area contributed by atoms with Gasteiger partial charge in [0.15, 0.2) is 5.16 Å². The van der Waals surface area contributed by atoms with Crippen LogP contribution in [-0.2, 0) is 0 Å². The van der Waals surface area contributed by atoms with Crippen molar-refractivity contribution in [3.05, 3.63) is 72.1 Å². The summed E-state index contributed by atoms with van der Waals surface area (Å²) in [5.41, 5.74) is 2.61. The monoisotopic (exact) mass is 381 g/mol. The molecule has 27 heavy (non-hydrogen) atoms. The fourth-order valence-corrected chi connectivity index (χ4v) is 3.30.